The quantitative estimate of drug-likeness (QED) is 0.701. The Morgan fingerprint density at radius 2 is 2.06 bits per heavy atom. The van der Waals surface area contributed by atoms with Crippen LogP contribution in [0.25, 0.3) is 0 Å². The first-order valence-corrected chi connectivity index (χ1v) is 5.47. The van der Waals surface area contributed by atoms with Crippen molar-refractivity contribution in [3.05, 3.63) is 48.0 Å². The smallest absolute Gasteiger partial charge is 0.317 e. The molecule has 0 saturated heterocycles. The molecule has 5 nitrogen and oxygen atoms in total. The number of nitrogens with two attached hydrogens (primary N) is 1. The third kappa shape index (κ3) is 4.03. The van der Waals surface area contributed by atoms with E-state index < -0.39 is 11.9 Å². The van der Waals surface area contributed by atoms with Gasteiger partial charge in [-0.1, -0.05) is 24.3 Å². The molecule has 0 unspecified atom stereocenters. The van der Waals surface area contributed by atoms with Crippen molar-refractivity contribution in [2.75, 3.05) is 13.1 Å². The summed E-state index contributed by atoms with van der Waals surface area (Å²) in [5.74, 6) is -1.44. The molecule has 18 heavy (non-hydrogen) atoms. The maximum Gasteiger partial charge on any atom is 0.317 e. The van der Waals surface area contributed by atoms with Crippen molar-refractivity contribution in [2.45, 2.75) is 6.54 Å². The van der Waals surface area contributed by atoms with Gasteiger partial charge in [0.05, 0.1) is 6.54 Å². The van der Waals surface area contributed by atoms with Crippen LogP contribution >= 0.6 is 0 Å². The molecule has 0 aliphatic carbocycles. The van der Waals surface area contributed by atoms with Crippen LogP contribution in [-0.4, -0.2) is 35.0 Å². The summed E-state index contributed by atoms with van der Waals surface area (Å²) in [6.07, 6.45) is 1.62. The van der Waals surface area contributed by atoms with Gasteiger partial charge in [-0.05, 0) is 11.6 Å². The lowest BCUT2D eigenvalue weighted by atomic mass is 10.1. The van der Waals surface area contributed by atoms with Crippen molar-refractivity contribution >= 4 is 11.9 Å². The summed E-state index contributed by atoms with van der Waals surface area (Å²) in [6.45, 7) is 4.24. The molecule has 0 spiro atoms. The van der Waals surface area contributed by atoms with Crippen molar-refractivity contribution < 1.29 is 14.7 Å². The fraction of sp³-hybridized carbons (Fsp3) is 0.231. The largest absolute Gasteiger partial charge is 0.480 e. The van der Waals surface area contributed by atoms with Crippen LogP contribution in [0, 0.1) is 0 Å². The molecule has 0 atom stereocenters. The van der Waals surface area contributed by atoms with E-state index in [-0.39, 0.29) is 6.54 Å². The normalized spacial score (nSPS) is 10.3. The minimum atomic E-state index is -0.923. The van der Waals surface area contributed by atoms with Crippen molar-refractivity contribution in [1.29, 1.82) is 0 Å². The molecule has 0 fully saturated rings. The number of hydrogen-bond acceptors (Lipinski definition) is 3. The molecule has 96 valence electrons. The molecular formula is C13H16N2O3. The van der Waals surface area contributed by atoms with E-state index in [1.165, 1.54) is 0 Å². The van der Waals surface area contributed by atoms with Crippen molar-refractivity contribution in [2.24, 2.45) is 5.73 Å². The zero-order valence-corrected chi connectivity index (χ0v) is 10.0. The Morgan fingerprint density at radius 1 is 1.39 bits per heavy atom. The van der Waals surface area contributed by atoms with Crippen molar-refractivity contribution in [3.8, 4) is 0 Å². The van der Waals surface area contributed by atoms with Gasteiger partial charge in [0.2, 0.25) is 5.91 Å². The highest BCUT2D eigenvalue weighted by Gasteiger charge is 2.13. The van der Waals surface area contributed by atoms with Gasteiger partial charge in [0, 0.05) is 18.7 Å². The van der Waals surface area contributed by atoms with E-state index in [2.05, 4.69) is 6.58 Å². The second-order valence-corrected chi connectivity index (χ2v) is 3.87. The Labute approximate surface area is 106 Å². The Hall–Kier alpha value is -2.14. The zero-order chi connectivity index (χ0) is 13.5. The molecule has 1 aromatic rings. The van der Waals surface area contributed by atoms with Gasteiger partial charge in [0.25, 0.3) is 0 Å². The van der Waals surface area contributed by atoms with E-state index in [0.29, 0.717) is 24.2 Å². The predicted molar refractivity (Wildman–Crippen MR) is 68.1 cm³/mol. The fourth-order valence-corrected chi connectivity index (χ4v) is 1.70. The van der Waals surface area contributed by atoms with Gasteiger partial charge in [-0.15, -0.1) is 6.58 Å². The average Bonchev–Trinajstić information content (AvgIpc) is 2.28. The molecule has 3 N–H and O–H groups in total. The summed E-state index contributed by atoms with van der Waals surface area (Å²) >= 11 is 0. The number of nitrogens with zero attached hydrogens (tertiary/aromatic N) is 1. The van der Waals surface area contributed by atoms with Crippen LogP contribution < -0.4 is 5.73 Å². The minimum Gasteiger partial charge on any atom is -0.480 e. The Bertz CT molecular complexity index is 457. The first kappa shape index (κ1) is 13.9. The van der Waals surface area contributed by atoms with Crippen molar-refractivity contribution in [1.82, 2.24) is 4.90 Å². The third-order valence-corrected chi connectivity index (χ3v) is 2.42. The highest BCUT2D eigenvalue weighted by molar-refractivity contribution is 5.94. The minimum absolute atomic E-state index is 0.112. The lowest BCUT2D eigenvalue weighted by Crippen LogP contribution is -2.30. The number of aliphatic carboxylic acids is 1. The van der Waals surface area contributed by atoms with Crippen LogP contribution in [0.5, 0.6) is 0 Å². The number of amides is 1. The number of carbonyl (C=O) groups excluding carboxylic acids is 1. The number of carboxylic acid groups (broad SMARTS) is 1. The van der Waals surface area contributed by atoms with Gasteiger partial charge in [-0.3, -0.25) is 14.5 Å². The van der Waals surface area contributed by atoms with Gasteiger partial charge < -0.3 is 10.8 Å². The second kappa shape index (κ2) is 6.56. The molecule has 5 heteroatoms. The molecule has 0 aromatic heterocycles. The summed E-state index contributed by atoms with van der Waals surface area (Å²) < 4.78 is 0. The van der Waals surface area contributed by atoms with Crippen LogP contribution in [0.15, 0.2) is 36.9 Å². The molecular weight excluding hydrogens is 232 g/mol. The SMILES string of the molecule is C=CCN(CC(=O)O)Cc1ccccc1C(N)=O. The molecule has 0 aliphatic rings. The van der Waals surface area contributed by atoms with E-state index in [4.69, 9.17) is 10.8 Å². The lowest BCUT2D eigenvalue weighted by Gasteiger charge is -2.19. The van der Waals surface area contributed by atoms with Crippen LogP contribution in [0.2, 0.25) is 0 Å². The molecule has 0 saturated carbocycles. The molecule has 0 radical (unpaired) electrons. The third-order valence-electron chi connectivity index (χ3n) is 2.42. The van der Waals surface area contributed by atoms with Crippen LogP contribution in [0.3, 0.4) is 0 Å². The van der Waals surface area contributed by atoms with E-state index in [9.17, 15) is 9.59 Å². The highest BCUT2D eigenvalue weighted by Crippen LogP contribution is 2.11. The monoisotopic (exact) mass is 248 g/mol. The molecule has 0 aliphatic heterocycles. The zero-order valence-electron chi connectivity index (χ0n) is 10.0. The van der Waals surface area contributed by atoms with Gasteiger partial charge in [-0.25, -0.2) is 0 Å². The maximum absolute atomic E-state index is 11.3. The number of hydrogen-bond donors (Lipinski definition) is 2. The van der Waals surface area contributed by atoms with E-state index in [0.717, 1.165) is 0 Å². The van der Waals surface area contributed by atoms with Crippen LogP contribution in [0.1, 0.15) is 15.9 Å². The summed E-state index contributed by atoms with van der Waals surface area (Å²) in [5.41, 5.74) is 6.40. The topological polar surface area (TPSA) is 83.6 Å². The molecule has 1 amide bonds. The van der Waals surface area contributed by atoms with Gasteiger partial charge in [0.15, 0.2) is 0 Å². The maximum atomic E-state index is 11.3. The highest BCUT2D eigenvalue weighted by atomic mass is 16.4. The number of primary amides is 1. The number of rotatable bonds is 7. The van der Waals surface area contributed by atoms with Gasteiger partial charge in [-0.2, -0.15) is 0 Å². The standard InChI is InChI=1S/C13H16N2O3/c1-2-7-15(9-12(16)17)8-10-5-3-4-6-11(10)13(14)18/h2-6H,1,7-9H2,(H2,14,18)(H,16,17). The second-order valence-electron chi connectivity index (χ2n) is 3.87. The first-order valence-electron chi connectivity index (χ1n) is 5.47. The molecule has 1 aromatic carbocycles. The Morgan fingerprint density at radius 3 is 2.61 bits per heavy atom. The average molecular weight is 248 g/mol. The Kier molecular flexibility index (Phi) is 5.07. The first-order chi connectivity index (χ1) is 8.54. The van der Waals surface area contributed by atoms with Crippen LogP contribution in [-0.2, 0) is 11.3 Å². The summed E-state index contributed by atoms with van der Waals surface area (Å²) in [6, 6.07) is 6.90. The van der Waals surface area contributed by atoms with E-state index in [1.54, 1.807) is 35.2 Å². The summed E-state index contributed by atoms with van der Waals surface area (Å²) in [5, 5.41) is 8.80. The van der Waals surface area contributed by atoms with Crippen LogP contribution in [0.4, 0.5) is 0 Å². The summed E-state index contributed by atoms with van der Waals surface area (Å²) in [4.78, 5) is 23.6. The molecule has 0 heterocycles. The lowest BCUT2D eigenvalue weighted by molar-refractivity contribution is -0.138. The van der Waals surface area contributed by atoms with E-state index in [1.807, 2.05) is 0 Å². The van der Waals surface area contributed by atoms with Crippen molar-refractivity contribution in [3.63, 3.8) is 0 Å². The predicted octanol–water partition coefficient (Wildman–Crippen LogP) is 0.858. The van der Waals surface area contributed by atoms with Gasteiger partial charge >= 0.3 is 5.97 Å². The van der Waals surface area contributed by atoms with Gasteiger partial charge in [0.1, 0.15) is 0 Å². The molecule has 0 bridgehead atoms. The molecule has 1 rings (SSSR count). The number of carboxylic acids is 1. The fourth-order valence-electron chi connectivity index (χ4n) is 1.70. The Balaban J connectivity index is 2.89. The summed E-state index contributed by atoms with van der Waals surface area (Å²) in [7, 11) is 0. The van der Waals surface area contributed by atoms with E-state index >= 15 is 0 Å². The number of carbonyl (C=O) groups is 2. The number of benzene rings is 1.